The maximum atomic E-state index is 11.6. The molecule has 0 aromatic carbocycles. The average Bonchev–Trinajstić information content (AvgIpc) is 2.12. The molecule has 0 radical (unpaired) electrons. The molecule has 0 heterocycles. The summed E-state index contributed by atoms with van der Waals surface area (Å²) in [7, 11) is -2.55. The van der Waals surface area contributed by atoms with Gasteiger partial charge < -0.3 is 14.7 Å². The van der Waals surface area contributed by atoms with Crippen LogP contribution >= 0.6 is 7.60 Å². The van der Waals surface area contributed by atoms with E-state index in [-0.39, 0.29) is 12.1 Å². The molecule has 0 fully saturated rings. The van der Waals surface area contributed by atoms with Crippen LogP contribution in [0, 0.1) is 0 Å². The minimum Gasteiger partial charge on any atom is -0.338 e. The number of hydrogen-bond acceptors (Lipinski definition) is 2. The lowest BCUT2D eigenvalue weighted by atomic mass is 10.1. The molecule has 0 aromatic rings. The van der Waals surface area contributed by atoms with Crippen molar-refractivity contribution in [1.29, 1.82) is 0 Å². The second-order valence-electron chi connectivity index (χ2n) is 3.99. The van der Waals surface area contributed by atoms with E-state index in [1.807, 2.05) is 6.92 Å². The minimum atomic E-state index is -4.10. The Morgan fingerprint density at radius 1 is 1.50 bits per heavy atom. The maximum Gasteiger partial charge on any atom is 0.327 e. The van der Waals surface area contributed by atoms with E-state index in [4.69, 9.17) is 9.79 Å². The summed E-state index contributed by atoms with van der Waals surface area (Å²) >= 11 is 0. The van der Waals surface area contributed by atoms with Crippen molar-refractivity contribution < 1.29 is 19.1 Å². The third-order valence-electron chi connectivity index (χ3n) is 2.30. The van der Waals surface area contributed by atoms with Gasteiger partial charge in [0.2, 0.25) is 5.91 Å². The molecule has 1 unspecified atom stereocenters. The molecule has 0 aliphatic heterocycles. The quantitative estimate of drug-likeness (QED) is 0.550. The molecular weight excluding hydrogens is 229 g/mol. The fourth-order valence-electron chi connectivity index (χ4n) is 1.48. The summed E-state index contributed by atoms with van der Waals surface area (Å²) in [5.41, 5.74) is 0.370. The van der Waals surface area contributed by atoms with Gasteiger partial charge in [-0.25, -0.2) is 0 Å². The number of amides is 1. The number of hydrogen-bond donors (Lipinski definition) is 2. The van der Waals surface area contributed by atoms with E-state index in [1.165, 1.54) is 4.90 Å². The van der Waals surface area contributed by atoms with Crippen molar-refractivity contribution in [3.63, 3.8) is 0 Å². The summed E-state index contributed by atoms with van der Waals surface area (Å²) < 4.78 is 10.9. The van der Waals surface area contributed by atoms with Crippen LogP contribution in [0.15, 0.2) is 12.2 Å². The molecule has 0 rings (SSSR count). The van der Waals surface area contributed by atoms with Crippen LogP contribution in [0.2, 0.25) is 0 Å². The molecule has 0 spiro atoms. The highest BCUT2D eigenvalue weighted by atomic mass is 31.2. The van der Waals surface area contributed by atoms with Crippen molar-refractivity contribution >= 4 is 13.5 Å². The molecule has 0 aliphatic rings. The Hall–Kier alpha value is -0.640. The summed E-state index contributed by atoms with van der Waals surface area (Å²) in [5.74, 6) is -0.271. The van der Waals surface area contributed by atoms with Gasteiger partial charge in [-0.1, -0.05) is 19.9 Å². The van der Waals surface area contributed by atoms with Gasteiger partial charge in [-0.05, 0) is 13.3 Å². The van der Waals surface area contributed by atoms with Gasteiger partial charge >= 0.3 is 7.60 Å². The summed E-state index contributed by atoms with van der Waals surface area (Å²) in [6, 6.07) is -0.435. The molecular formula is C10H20NO4P. The molecule has 6 heteroatoms. The molecule has 0 saturated heterocycles. The van der Waals surface area contributed by atoms with Crippen molar-refractivity contribution in [1.82, 2.24) is 4.90 Å². The van der Waals surface area contributed by atoms with Crippen LogP contribution in [0.3, 0.4) is 0 Å². The topological polar surface area (TPSA) is 77.8 Å². The van der Waals surface area contributed by atoms with E-state index < -0.39 is 13.6 Å². The summed E-state index contributed by atoms with van der Waals surface area (Å²) in [4.78, 5) is 30.9. The van der Waals surface area contributed by atoms with E-state index in [0.717, 1.165) is 6.42 Å². The van der Waals surface area contributed by atoms with Crippen molar-refractivity contribution in [2.75, 3.05) is 13.2 Å². The predicted molar refractivity (Wildman–Crippen MR) is 63.2 cm³/mol. The van der Waals surface area contributed by atoms with Crippen LogP contribution in [0.1, 0.15) is 26.7 Å². The monoisotopic (exact) mass is 249 g/mol. The van der Waals surface area contributed by atoms with E-state index in [2.05, 4.69) is 6.58 Å². The first-order chi connectivity index (χ1) is 7.19. The molecule has 2 N–H and O–H groups in total. The van der Waals surface area contributed by atoms with Crippen molar-refractivity contribution in [3.05, 3.63) is 12.2 Å². The van der Waals surface area contributed by atoms with Gasteiger partial charge in [0, 0.05) is 18.7 Å². The fourth-order valence-corrected chi connectivity index (χ4v) is 2.46. The van der Waals surface area contributed by atoms with Gasteiger partial charge in [-0.15, -0.1) is 0 Å². The van der Waals surface area contributed by atoms with Crippen molar-refractivity contribution in [3.8, 4) is 0 Å². The standard InChI is InChI=1S/C10H20NO4P/c1-5-6-9(7-16(13,14)15)11(4)10(12)8(2)3/h9H,2,5-7H2,1,3-4H3,(H2,13,14,15). The van der Waals surface area contributed by atoms with Crippen LogP contribution in [0.5, 0.6) is 0 Å². The van der Waals surface area contributed by atoms with Gasteiger partial charge in [0.1, 0.15) is 0 Å². The summed E-state index contributed by atoms with van der Waals surface area (Å²) in [5, 5.41) is 0. The zero-order valence-electron chi connectivity index (χ0n) is 10.0. The van der Waals surface area contributed by atoms with E-state index in [0.29, 0.717) is 12.0 Å². The van der Waals surface area contributed by atoms with Crippen molar-refractivity contribution in [2.45, 2.75) is 32.7 Å². The Balaban J connectivity index is 4.71. The maximum absolute atomic E-state index is 11.6. The number of carbonyl (C=O) groups excluding carboxylic acids is 1. The van der Waals surface area contributed by atoms with Gasteiger partial charge in [-0.2, -0.15) is 0 Å². The summed E-state index contributed by atoms with van der Waals surface area (Å²) in [6.45, 7) is 7.02. The molecule has 0 aliphatic carbocycles. The zero-order valence-corrected chi connectivity index (χ0v) is 10.9. The lowest BCUT2D eigenvalue weighted by Crippen LogP contribution is -2.39. The lowest BCUT2D eigenvalue weighted by molar-refractivity contribution is -0.127. The lowest BCUT2D eigenvalue weighted by Gasteiger charge is -2.28. The first kappa shape index (κ1) is 15.4. The first-order valence-corrected chi connectivity index (χ1v) is 6.96. The number of likely N-dealkylation sites (N-methyl/N-ethyl adjacent to an activating group) is 1. The Labute approximate surface area is 96.3 Å². The zero-order chi connectivity index (χ0) is 12.9. The van der Waals surface area contributed by atoms with Crippen molar-refractivity contribution in [2.24, 2.45) is 0 Å². The van der Waals surface area contributed by atoms with Crippen LogP contribution in [-0.4, -0.2) is 39.8 Å². The number of nitrogens with zero attached hydrogens (tertiary/aromatic N) is 1. The molecule has 1 atom stereocenters. The Morgan fingerprint density at radius 3 is 2.31 bits per heavy atom. The molecule has 1 amide bonds. The second kappa shape index (κ2) is 6.18. The molecule has 5 nitrogen and oxygen atoms in total. The third-order valence-corrected chi connectivity index (χ3v) is 3.20. The highest BCUT2D eigenvalue weighted by Crippen LogP contribution is 2.37. The van der Waals surface area contributed by atoms with Gasteiger partial charge in [0.15, 0.2) is 0 Å². The second-order valence-corrected chi connectivity index (χ2v) is 5.68. The van der Waals surface area contributed by atoms with Crippen LogP contribution in [-0.2, 0) is 9.36 Å². The third kappa shape index (κ3) is 5.45. The molecule has 16 heavy (non-hydrogen) atoms. The van der Waals surface area contributed by atoms with E-state index in [9.17, 15) is 9.36 Å². The number of rotatable bonds is 6. The number of carbonyl (C=O) groups is 1. The van der Waals surface area contributed by atoms with E-state index >= 15 is 0 Å². The molecule has 94 valence electrons. The van der Waals surface area contributed by atoms with Crippen LogP contribution in [0.25, 0.3) is 0 Å². The Kier molecular flexibility index (Phi) is 5.94. The molecule has 0 saturated carbocycles. The largest absolute Gasteiger partial charge is 0.338 e. The van der Waals surface area contributed by atoms with Gasteiger partial charge in [-0.3, -0.25) is 9.36 Å². The Morgan fingerprint density at radius 2 is 2.00 bits per heavy atom. The molecule has 0 bridgehead atoms. The highest BCUT2D eigenvalue weighted by molar-refractivity contribution is 7.51. The average molecular weight is 249 g/mol. The van der Waals surface area contributed by atoms with Crippen LogP contribution < -0.4 is 0 Å². The van der Waals surface area contributed by atoms with Crippen LogP contribution in [0.4, 0.5) is 0 Å². The Bertz CT molecular complexity index is 310. The normalized spacial score (nSPS) is 13.3. The highest BCUT2D eigenvalue weighted by Gasteiger charge is 2.26. The fraction of sp³-hybridized carbons (Fsp3) is 0.700. The summed E-state index contributed by atoms with van der Waals surface area (Å²) in [6.07, 6.45) is 1.04. The minimum absolute atomic E-state index is 0.271. The first-order valence-electron chi connectivity index (χ1n) is 5.16. The van der Waals surface area contributed by atoms with Gasteiger partial charge in [0.25, 0.3) is 0 Å². The smallest absolute Gasteiger partial charge is 0.327 e. The van der Waals surface area contributed by atoms with E-state index in [1.54, 1.807) is 14.0 Å². The molecule has 0 aromatic heterocycles. The SMILES string of the molecule is C=C(C)C(=O)N(C)C(CCC)CP(=O)(O)O. The predicted octanol–water partition coefficient (Wildman–Crippen LogP) is 1.37. The van der Waals surface area contributed by atoms with Gasteiger partial charge in [0.05, 0.1) is 6.16 Å².